The van der Waals surface area contributed by atoms with Gasteiger partial charge in [-0.05, 0) is 27.7 Å². The van der Waals surface area contributed by atoms with Crippen LogP contribution in [0.1, 0.15) is 34.1 Å². The van der Waals surface area contributed by atoms with Crippen LogP contribution in [0.4, 0.5) is 5.69 Å². The van der Waals surface area contributed by atoms with Gasteiger partial charge in [0.2, 0.25) is 0 Å². The van der Waals surface area contributed by atoms with Crippen molar-refractivity contribution in [2.24, 2.45) is 0 Å². The van der Waals surface area contributed by atoms with Gasteiger partial charge in [0.1, 0.15) is 29.8 Å². The molecule has 22 heavy (non-hydrogen) atoms. The van der Waals surface area contributed by atoms with Crippen LogP contribution in [0.25, 0.3) is 0 Å². The van der Waals surface area contributed by atoms with E-state index in [0.717, 1.165) is 12.4 Å². The van der Waals surface area contributed by atoms with Crippen LogP contribution in [0.3, 0.4) is 0 Å². The molecule has 1 atom stereocenters. The van der Waals surface area contributed by atoms with E-state index in [1.165, 1.54) is 0 Å². The minimum atomic E-state index is -0.715. The summed E-state index contributed by atoms with van der Waals surface area (Å²) in [5.41, 5.74) is -1.15. The lowest BCUT2D eigenvalue weighted by atomic mass is 10.1. The third kappa shape index (κ3) is 5.81. The van der Waals surface area contributed by atoms with E-state index < -0.39 is 22.6 Å². The number of hydrogen-bond acceptors (Lipinski definition) is 8. The van der Waals surface area contributed by atoms with E-state index in [1.807, 2.05) is 0 Å². The van der Waals surface area contributed by atoms with Gasteiger partial charge in [-0.1, -0.05) is 0 Å². The summed E-state index contributed by atoms with van der Waals surface area (Å²) in [6.07, 6.45) is 1.50. The largest absolute Gasteiger partial charge is 0.460 e. The molecule has 120 valence electrons. The Morgan fingerprint density at radius 3 is 2.41 bits per heavy atom. The molecule has 9 heteroatoms. The molecule has 1 aromatic rings. The van der Waals surface area contributed by atoms with E-state index in [0.29, 0.717) is 0 Å². The average molecular weight is 310 g/mol. The predicted octanol–water partition coefficient (Wildman–Crippen LogP) is 1.90. The number of hydrogen-bond donors (Lipinski definition) is 1. The highest BCUT2D eigenvalue weighted by Gasteiger charge is 2.22. The van der Waals surface area contributed by atoms with Crippen molar-refractivity contribution in [3.05, 3.63) is 22.5 Å². The monoisotopic (exact) mass is 310 g/mol. The lowest BCUT2D eigenvalue weighted by Crippen LogP contribution is -2.31. The van der Waals surface area contributed by atoms with Crippen LogP contribution in [0.15, 0.2) is 12.4 Å². The normalized spacial score (nSPS) is 12.4. The second kappa shape index (κ2) is 6.92. The second-order valence-electron chi connectivity index (χ2n) is 5.59. The predicted molar refractivity (Wildman–Crippen MR) is 77.0 cm³/mol. The van der Waals surface area contributed by atoms with Crippen LogP contribution < -0.4 is 4.74 Å². The quantitative estimate of drug-likeness (QED) is 0.367. The maximum atomic E-state index is 11.7. The molecule has 0 amide bonds. The topological polar surface area (TPSA) is 128 Å². The molecule has 1 heterocycles. The van der Waals surface area contributed by atoms with Crippen molar-refractivity contribution in [2.75, 3.05) is 0 Å². The summed E-state index contributed by atoms with van der Waals surface area (Å²) in [5, 5.41) is 18.2. The van der Waals surface area contributed by atoms with E-state index in [1.54, 1.807) is 27.7 Å². The maximum Gasteiger partial charge on any atom is 0.352 e. The standard InChI is InChI=1S/C13H18N4O5/c1-8(5-10(14)11(18)22-13(2,3)4)21-12-15-6-9(7-16-12)17(19)20/h6-8,14H,5H2,1-4H3/t8-/m0/s1. The molecule has 0 unspecified atom stereocenters. The van der Waals surface area contributed by atoms with Crippen molar-refractivity contribution in [3.8, 4) is 6.01 Å². The van der Waals surface area contributed by atoms with Crippen LogP contribution in [-0.2, 0) is 9.53 Å². The Kier molecular flexibility index (Phi) is 5.50. The highest BCUT2D eigenvalue weighted by molar-refractivity contribution is 6.35. The fraction of sp³-hybridized carbons (Fsp3) is 0.538. The maximum absolute atomic E-state index is 11.7. The number of ether oxygens (including phenoxy) is 2. The molecule has 0 radical (unpaired) electrons. The van der Waals surface area contributed by atoms with Crippen molar-refractivity contribution >= 4 is 17.4 Å². The Hall–Kier alpha value is -2.58. The summed E-state index contributed by atoms with van der Waals surface area (Å²) in [6.45, 7) is 6.76. The Morgan fingerprint density at radius 2 is 1.95 bits per heavy atom. The molecule has 0 aliphatic rings. The summed E-state index contributed by atoms with van der Waals surface area (Å²) in [6, 6.07) is -0.0601. The third-order valence-corrected chi connectivity index (χ3v) is 2.27. The minimum Gasteiger partial charge on any atom is -0.460 e. The summed E-state index contributed by atoms with van der Waals surface area (Å²) >= 11 is 0. The summed E-state index contributed by atoms with van der Waals surface area (Å²) in [5.74, 6) is -0.715. The van der Waals surface area contributed by atoms with Gasteiger partial charge < -0.3 is 9.47 Å². The molecular formula is C13H18N4O5. The molecule has 9 nitrogen and oxygen atoms in total. The number of rotatable bonds is 6. The summed E-state index contributed by atoms with van der Waals surface area (Å²) in [4.78, 5) is 28.9. The molecule has 0 aliphatic heterocycles. The van der Waals surface area contributed by atoms with E-state index in [4.69, 9.17) is 14.9 Å². The fourth-order valence-corrected chi connectivity index (χ4v) is 1.40. The first-order valence-electron chi connectivity index (χ1n) is 6.52. The van der Waals surface area contributed by atoms with Crippen LogP contribution in [0, 0.1) is 15.5 Å². The number of nitrogens with one attached hydrogen (secondary N) is 1. The van der Waals surface area contributed by atoms with Gasteiger partial charge in [0.05, 0.1) is 4.92 Å². The van der Waals surface area contributed by atoms with E-state index >= 15 is 0 Å². The van der Waals surface area contributed by atoms with Gasteiger partial charge in [0, 0.05) is 6.42 Å². The molecule has 0 spiro atoms. The van der Waals surface area contributed by atoms with Gasteiger partial charge in [-0.2, -0.15) is 9.97 Å². The number of carbonyl (C=O) groups is 1. The molecule has 0 saturated heterocycles. The molecule has 1 N–H and O–H groups in total. The molecule has 0 fully saturated rings. The summed E-state index contributed by atoms with van der Waals surface area (Å²) < 4.78 is 10.4. The molecule has 1 rings (SSSR count). The van der Waals surface area contributed by atoms with Crippen molar-refractivity contribution in [2.45, 2.75) is 45.8 Å². The molecular weight excluding hydrogens is 292 g/mol. The lowest BCUT2D eigenvalue weighted by molar-refractivity contribution is -0.385. The molecule has 0 aromatic carbocycles. The highest BCUT2D eigenvalue weighted by atomic mass is 16.6. The number of nitrogens with zero attached hydrogens (tertiary/aromatic N) is 3. The molecule has 0 saturated carbocycles. The van der Waals surface area contributed by atoms with Crippen molar-refractivity contribution in [3.63, 3.8) is 0 Å². The SMILES string of the molecule is C[C@@H](CC(=N)C(=O)OC(C)(C)C)Oc1ncc([N+](=O)[O-])cn1. The first-order chi connectivity index (χ1) is 10.1. The zero-order valence-electron chi connectivity index (χ0n) is 12.8. The van der Waals surface area contributed by atoms with Gasteiger partial charge in [-0.25, -0.2) is 4.79 Å². The van der Waals surface area contributed by atoms with Gasteiger partial charge in [0.25, 0.3) is 0 Å². The average Bonchev–Trinajstić information content (AvgIpc) is 2.37. The Bertz CT molecular complexity index is 565. The first kappa shape index (κ1) is 17.5. The highest BCUT2D eigenvalue weighted by Crippen LogP contribution is 2.13. The van der Waals surface area contributed by atoms with Crippen molar-refractivity contribution in [1.29, 1.82) is 5.41 Å². The minimum absolute atomic E-state index is 0.00919. The van der Waals surface area contributed by atoms with Gasteiger partial charge in [-0.15, -0.1) is 0 Å². The van der Waals surface area contributed by atoms with Crippen LogP contribution >= 0.6 is 0 Å². The Morgan fingerprint density at radius 1 is 1.41 bits per heavy atom. The van der Waals surface area contributed by atoms with Crippen molar-refractivity contribution in [1.82, 2.24) is 9.97 Å². The lowest BCUT2D eigenvalue weighted by Gasteiger charge is -2.20. The summed E-state index contributed by atoms with van der Waals surface area (Å²) in [7, 11) is 0. The zero-order chi connectivity index (χ0) is 16.9. The Labute approximate surface area is 127 Å². The molecule has 1 aromatic heterocycles. The van der Waals surface area contributed by atoms with Crippen LogP contribution in [0.2, 0.25) is 0 Å². The van der Waals surface area contributed by atoms with E-state index in [9.17, 15) is 14.9 Å². The molecule has 0 bridgehead atoms. The third-order valence-electron chi connectivity index (χ3n) is 2.27. The Balaban J connectivity index is 2.55. The van der Waals surface area contributed by atoms with Crippen LogP contribution in [0.5, 0.6) is 6.01 Å². The number of esters is 1. The van der Waals surface area contributed by atoms with E-state index in [2.05, 4.69) is 9.97 Å². The van der Waals surface area contributed by atoms with Crippen LogP contribution in [-0.4, -0.2) is 38.3 Å². The zero-order valence-corrected chi connectivity index (χ0v) is 12.8. The molecule has 0 aliphatic carbocycles. The van der Waals surface area contributed by atoms with Gasteiger partial charge in [-0.3, -0.25) is 15.5 Å². The van der Waals surface area contributed by atoms with Gasteiger partial charge >= 0.3 is 17.7 Å². The van der Waals surface area contributed by atoms with Gasteiger partial charge in [0.15, 0.2) is 0 Å². The first-order valence-corrected chi connectivity index (χ1v) is 6.52. The van der Waals surface area contributed by atoms with Crippen molar-refractivity contribution < 1.29 is 19.2 Å². The number of carbonyl (C=O) groups excluding carboxylic acids is 1. The second-order valence-corrected chi connectivity index (χ2v) is 5.59. The number of aromatic nitrogens is 2. The van der Waals surface area contributed by atoms with E-state index in [-0.39, 0.29) is 23.8 Å². The smallest absolute Gasteiger partial charge is 0.352 e. The number of nitro groups is 1. The fourth-order valence-electron chi connectivity index (χ4n) is 1.40.